The van der Waals surface area contributed by atoms with Crippen molar-refractivity contribution in [1.29, 1.82) is 0 Å². The molecule has 0 aromatic heterocycles. The van der Waals surface area contributed by atoms with Gasteiger partial charge in [-0.2, -0.15) is 0 Å². The minimum atomic E-state index is -0.160. The molecule has 0 aliphatic carbocycles. The van der Waals surface area contributed by atoms with E-state index in [0.29, 0.717) is 6.61 Å². The Hall–Kier alpha value is -1.64. The zero-order valence-electron chi connectivity index (χ0n) is 11.0. The highest BCUT2D eigenvalue weighted by Gasteiger charge is 2.31. The zero-order chi connectivity index (χ0) is 13.1. The molecule has 1 fully saturated rings. The van der Waals surface area contributed by atoms with Crippen LogP contribution >= 0.6 is 0 Å². The second-order valence-electron chi connectivity index (χ2n) is 4.94. The molecular formula is C17H18O2. The fourth-order valence-electron chi connectivity index (χ4n) is 2.44. The fourth-order valence-corrected chi connectivity index (χ4v) is 2.44. The van der Waals surface area contributed by atoms with Crippen LogP contribution in [0.5, 0.6) is 0 Å². The standard InChI is InChI=1S/C17H18O2/c1-13(14-8-4-2-5-9-14)17-18-12-16(19-17)15-10-6-3-7-11-15/h2-11,13,16-17H,12H2,1H3/t13-,16+,17-/m0/s1. The zero-order valence-corrected chi connectivity index (χ0v) is 11.0. The van der Waals surface area contributed by atoms with Crippen LogP contribution in [0.4, 0.5) is 0 Å². The molecule has 19 heavy (non-hydrogen) atoms. The van der Waals surface area contributed by atoms with Gasteiger partial charge in [0.2, 0.25) is 0 Å². The lowest BCUT2D eigenvalue weighted by molar-refractivity contribution is -0.0723. The maximum atomic E-state index is 6.04. The summed E-state index contributed by atoms with van der Waals surface area (Å²) in [5, 5.41) is 0. The third-order valence-electron chi connectivity index (χ3n) is 3.62. The second-order valence-corrected chi connectivity index (χ2v) is 4.94. The SMILES string of the molecule is C[C@@H](c1ccccc1)[C@H]1OC[C@H](c2ccccc2)O1. The van der Waals surface area contributed by atoms with Crippen LogP contribution in [-0.2, 0) is 9.47 Å². The van der Waals surface area contributed by atoms with E-state index < -0.39 is 0 Å². The van der Waals surface area contributed by atoms with Gasteiger partial charge in [0.25, 0.3) is 0 Å². The Morgan fingerprint density at radius 2 is 1.58 bits per heavy atom. The van der Waals surface area contributed by atoms with E-state index in [9.17, 15) is 0 Å². The van der Waals surface area contributed by atoms with Gasteiger partial charge in [0.15, 0.2) is 6.29 Å². The van der Waals surface area contributed by atoms with Crippen LogP contribution in [0.3, 0.4) is 0 Å². The molecule has 2 aromatic carbocycles. The largest absolute Gasteiger partial charge is 0.349 e. The molecule has 1 saturated heterocycles. The Labute approximate surface area is 114 Å². The van der Waals surface area contributed by atoms with Gasteiger partial charge in [-0.1, -0.05) is 67.6 Å². The fraction of sp³-hybridized carbons (Fsp3) is 0.294. The van der Waals surface area contributed by atoms with Crippen molar-refractivity contribution in [2.24, 2.45) is 0 Å². The van der Waals surface area contributed by atoms with Crippen LogP contribution in [-0.4, -0.2) is 12.9 Å². The van der Waals surface area contributed by atoms with Gasteiger partial charge in [-0.3, -0.25) is 0 Å². The first-order chi connectivity index (χ1) is 9.34. The van der Waals surface area contributed by atoms with E-state index in [4.69, 9.17) is 9.47 Å². The van der Waals surface area contributed by atoms with Crippen LogP contribution in [0, 0.1) is 0 Å². The van der Waals surface area contributed by atoms with E-state index in [-0.39, 0.29) is 18.3 Å². The molecule has 0 N–H and O–H groups in total. The van der Waals surface area contributed by atoms with Gasteiger partial charge in [-0.25, -0.2) is 0 Å². The van der Waals surface area contributed by atoms with E-state index >= 15 is 0 Å². The van der Waals surface area contributed by atoms with Crippen molar-refractivity contribution in [1.82, 2.24) is 0 Å². The molecule has 2 heteroatoms. The predicted molar refractivity (Wildman–Crippen MR) is 74.9 cm³/mol. The molecule has 1 aliphatic heterocycles. The Morgan fingerprint density at radius 1 is 0.947 bits per heavy atom. The molecule has 1 heterocycles. The molecular weight excluding hydrogens is 236 g/mol. The molecule has 2 aromatic rings. The molecule has 0 unspecified atom stereocenters. The molecule has 0 saturated carbocycles. The Kier molecular flexibility index (Phi) is 3.62. The lowest BCUT2D eigenvalue weighted by atomic mass is 10.0. The van der Waals surface area contributed by atoms with Crippen LogP contribution in [0.2, 0.25) is 0 Å². The van der Waals surface area contributed by atoms with Crippen LogP contribution in [0.15, 0.2) is 60.7 Å². The Morgan fingerprint density at radius 3 is 2.26 bits per heavy atom. The lowest BCUT2D eigenvalue weighted by Gasteiger charge is -2.19. The van der Waals surface area contributed by atoms with Gasteiger partial charge in [0, 0.05) is 5.92 Å². The number of ether oxygens (including phenoxy) is 2. The van der Waals surface area contributed by atoms with E-state index in [1.807, 2.05) is 24.3 Å². The van der Waals surface area contributed by atoms with E-state index in [1.165, 1.54) is 11.1 Å². The Balaban J connectivity index is 1.69. The smallest absolute Gasteiger partial charge is 0.165 e. The topological polar surface area (TPSA) is 18.5 Å². The highest BCUT2D eigenvalue weighted by molar-refractivity contribution is 5.21. The lowest BCUT2D eigenvalue weighted by Crippen LogP contribution is -2.17. The van der Waals surface area contributed by atoms with Crippen LogP contribution in [0.25, 0.3) is 0 Å². The second kappa shape index (κ2) is 5.55. The number of hydrogen-bond acceptors (Lipinski definition) is 2. The highest BCUT2D eigenvalue weighted by atomic mass is 16.7. The number of hydrogen-bond donors (Lipinski definition) is 0. The highest BCUT2D eigenvalue weighted by Crippen LogP contribution is 2.33. The summed E-state index contributed by atoms with van der Waals surface area (Å²) in [5.74, 6) is 0.245. The van der Waals surface area contributed by atoms with Gasteiger partial charge in [-0.05, 0) is 11.1 Å². The minimum absolute atomic E-state index is 0.0531. The molecule has 1 aliphatic rings. The summed E-state index contributed by atoms with van der Waals surface area (Å²) in [7, 11) is 0. The van der Waals surface area contributed by atoms with Crippen molar-refractivity contribution in [3.63, 3.8) is 0 Å². The third-order valence-corrected chi connectivity index (χ3v) is 3.62. The predicted octanol–water partition coefficient (Wildman–Crippen LogP) is 3.90. The number of rotatable bonds is 3. The summed E-state index contributed by atoms with van der Waals surface area (Å²) < 4.78 is 11.9. The van der Waals surface area contributed by atoms with Crippen molar-refractivity contribution in [2.45, 2.75) is 25.2 Å². The van der Waals surface area contributed by atoms with Crippen molar-refractivity contribution in [2.75, 3.05) is 6.61 Å². The average Bonchev–Trinajstić information content (AvgIpc) is 2.98. The molecule has 0 radical (unpaired) electrons. The van der Waals surface area contributed by atoms with Crippen molar-refractivity contribution in [3.8, 4) is 0 Å². The molecule has 3 rings (SSSR count). The van der Waals surface area contributed by atoms with Gasteiger partial charge in [-0.15, -0.1) is 0 Å². The first kappa shape index (κ1) is 12.4. The van der Waals surface area contributed by atoms with Gasteiger partial charge in [0.1, 0.15) is 6.10 Å². The molecule has 98 valence electrons. The van der Waals surface area contributed by atoms with Crippen molar-refractivity contribution >= 4 is 0 Å². The first-order valence-electron chi connectivity index (χ1n) is 6.71. The minimum Gasteiger partial charge on any atom is -0.349 e. The maximum Gasteiger partial charge on any atom is 0.165 e. The van der Waals surface area contributed by atoms with E-state index in [2.05, 4.69) is 43.3 Å². The first-order valence-corrected chi connectivity index (χ1v) is 6.71. The maximum absolute atomic E-state index is 6.04. The third kappa shape index (κ3) is 2.70. The summed E-state index contributed by atoms with van der Waals surface area (Å²) in [6, 6.07) is 20.6. The summed E-state index contributed by atoms with van der Waals surface area (Å²) in [4.78, 5) is 0. The van der Waals surface area contributed by atoms with E-state index in [1.54, 1.807) is 0 Å². The molecule has 3 atom stereocenters. The van der Waals surface area contributed by atoms with Gasteiger partial charge in [0.05, 0.1) is 6.61 Å². The number of benzene rings is 2. The average molecular weight is 254 g/mol. The van der Waals surface area contributed by atoms with Gasteiger partial charge < -0.3 is 9.47 Å². The van der Waals surface area contributed by atoms with Crippen LogP contribution in [0.1, 0.15) is 30.1 Å². The monoisotopic (exact) mass is 254 g/mol. The summed E-state index contributed by atoms with van der Waals surface area (Å²) in [6.07, 6.45) is -0.107. The Bertz CT molecular complexity index is 509. The van der Waals surface area contributed by atoms with E-state index in [0.717, 1.165) is 0 Å². The quantitative estimate of drug-likeness (QED) is 0.827. The molecule has 0 bridgehead atoms. The summed E-state index contributed by atoms with van der Waals surface area (Å²) in [6.45, 7) is 2.78. The van der Waals surface area contributed by atoms with Crippen molar-refractivity contribution < 1.29 is 9.47 Å². The summed E-state index contributed by atoms with van der Waals surface area (Å²) >= 11 is 0. The molecule has 2 nitrogen and oxygen atoms in total. The summed E-state index contributed by atoms with van der Waals surface area (Å²) in [5.41, 5.74) is 2.44. The molecule has 0 amide bonds. The normalized spacial score (nSPS) is 24.3. The van der Waals surface area contributed by atoms with Crippen molar-refractivity contribution in [3.05, 3.63) is 71.8 Å². The molecule has 0 spiro atoms. The van der Waals surface area contributed by atoms with Crippen LogP contribution < -0.4 is 0 Å². The van der Waals surface area contributed by atoms with Gasteiger partial charge >= 0.3 is 0 Å².